The van der Waals surface area contributed by atoms with Crippen molar-refractivity contribution >= 4 is 13.8 Å². The number of allylic oxidation sites excluding steroid dienone is 8. The maximum absolute atomic E-state index is 12.9. The number of carbonyl (C=O) groups is 1. The topological polar surface area (TPSA) is 192 Å². The second kappa shape index (κ2) is 50.8. The van der Waals surface area contributed by atoms with Crippen molar-refractivity contribution in [3.05, 3.63) is 48.6 Å². The Balaban J connectivity index is 2.27. The first-order valence-corrected chi connectivity index (χ1v) is 32.0. The first kappa shape index (κ1) is 70.3. The Labute approximate surface area is 452 Å². The van der Waals surface area contributed by atoms with Crippen LogP contribution in [-0.4, -0.2) is 98.9 Å². The van der Waals surface area contributed by atoms with Gasteiger partial charge in [0.2, 0.25) is 0 Å². The molecular weight excluding hydrogens is 956 g/mol. The fourth-order valence-electron chi connectivity index (χ4n) is 9.36. The Kier molecular flexibility index (Phi) is 48.3. The van der Waals surface area contributed by atoms with E-state index in [4.69, 9.17) is 18.5 Å². The molecule has 0 heterocycles. The second-order valence-corrected chi connectivity index (χ2v) is 22.6. The summed E-state index contributed by atoms with van der Waals surface area (Å²) in [5.41, 5.74) is 0. The van der Waals surface area contributed by atoms with Gasteiger partial charge in [-0.3, -0.25) is 13.8 Å². The molecule has 0 saturated heterocycles. The lowest BCUT2D eigenvalue weighted by Gasteiger charge is -2.41. The van der Waals surface area contributed by atoms with Gasteiger partial charge in [0, 0.05) is 13.0 Å². The number of hydrogen-bond acceptors (Lipinski definition) is 11. The van der Waals surface area contributed by atoms with Crippen LogP contribution in [0.3, 0.4) is 0 Å². The molecule has 74 heavy (non-hydrogen) atoms. The van der Waals surface area contributed by atoms with E-state index in [-0.39, 0.29) is 13.0 Å². The SMILES string of the molecule is CCCCCCC/C=C\C/C=C\C/C=C\CCCCCCCCCCC(=O)OC(COCCCCCCCCCCCCCC/C=C\CCCCCCCCCC)COP(=O)(O)OC1C(O)C(O)C(O)C(O)C1O. The van der Waals surface area contributed by atoms with Crippen LogP contribution in [0.5, 0.6) is 0 Å². The molecule has 6 atom stereocenters. The monoisotopic (exact) mass is 1070 g/mol. The Bertz CT molecular complexity index is 1410. The average Bonchev–Trinajstić information content (AvgIpc) is 3.39. The summed E-state index contributed by atoms with van der Waals surface area (Å²) in [5, 5.41) is 50.5. The van der Waals surface area contributed by atoms with Crippen LogP contribution in [0.2, 0.25) is 0 Å². The molecule has 6 unspecified atom stereocenters. The highest BCUT2D eigenvalue weighted by molar-refractivity contribution is 7.47. The molecule has 0 radical (unpaired) electrons. The van der Waals surface area contributed by atoms with Crippen LogP contribution in [0.15, 0.2) is 48.6 Å². The summed E-state index contributed by atoms with van der Waals surface area (Å²) in [5.74, 6) is -0.481. The van der Waals surface area contributed by atoms with E-state index in [1.807, 2.05) is 0 Å². The van der Waals surface area contributed by atoms with Gasteiger partial charge < -0.3 is 39.9 Å². The third-order valence-corrected chi connectivity index (χ3v) is 15.2. The molecular formula is C61H113O12P. The molecule has 0 aromatic heterocycles. The predicted molar refractivity (Wildman–Crippen MR) is 304 cm³/mol. The highest BCUT2D eigenvalue weighted by atomic mass is 31.2. The van der Waals surface area contributed by atoms with E-state index in [2.05, 4.69) is 62.5 Å². The summed E-state index contributed by atoms with van der Waals surface area (Å²) >= 11 is 0. The van der Waals surface area contributed by atoms with Gasteiger partial charge in [0.25, 0.3) is 0 Å². The van der Waals surface area contributed by atoms with E-state index in [1.54, 1.807) is 0 Å². The highest BCUT2D eigenvalue weighted by Gasteiger charge is 2.51. The number of hydrogen-bond donors (Lipinski definition) is 6. The molecule has 1 saturated carbocycles. The Morgan fingerprint density at radius 1 is 0.432 bits per heavy atom. The smallest absolute Gasteiger partial charge is 0.457 e. The third-order valence-electron chi connectivity index (χ3n) is 14.2. The van der Waals surface area contributed by atoms with Crippen molar-refractivity contribution in [2.75, 3.05) is 19.8 Å². The molecule has 12 nitrogen and oxygen atoms in total. The Morgan fingerprint density at radius 2 is 0.757 bits per heavy atom. The van der Waals surface area contributed by atoms with Gasteiger partial charge in [-0.05, 0) is 77.0 Å². The van der Waals surface area contributed by atoms with E-state index < -0.39 is 63.1 Å². The predicted octanol–water partition coefficient (Wildman–Crippen LogP) is 15.1. The van der Waals surface area contributed by atoms with Crippen LogP contribution in [0, 0.1) is 0 Å². The summed E-state index contributed by atoms with van der Waals surface area (Å²) in [4.78, 5) is 23.4. The van der Waals surface area contributed by atoms with E-state index in [0.29, 0.717) is 13.0 Å². The standard InChI is InChI=1S/C61H113O12P/c1-3-5-7-9-11-13-15-17-19-21-23-25-27-29-31-33-35-37-39-41-43-45-47-49-51-70-52-54(53-71-74(68,69)73-61-59(66)57(64)56(63)58(65)60(61)67)72-55(62)50-48-46-44-42-40-38-36-34-32-30-28-26-24-22-20-18-16-14-12-10-8-6-4-2/h16,18,21-24,28,30,54,56-61,63-67H,3-15,17,19-20,25-27,29,31-53H2,1-2H3,(H,68,69)/b18-16-,23-21-,24-22-,30-28-. The number of ether oxygens (including phenoxy) is 2. The van der Waals surface area contributed by atoms with Crippen LogP contribution in [0.25, 0.3) is 0 Å². The Hall–Kier alpha value is -1.70. The lowest BCUT2D eigenvalue weighted by molar-refractivity contribution is -0.220. The van der Waals surface area contributed by atoms with Crippen molar-refractivity contribution in [2.45, 2.75) is 313 Å². The highest BCUT2D eigenvalue weighted by Crippen LogP contribution is 2.47. The molecule has 13 heteroatoms. The van der Waals surface area contributed by atoms with Gasteiger partial charge in [0.05, 0.1) is 13.2 Å². The zero-order valence-electron chi connectivity index (χ0n) is 47.1. The molecule has 1 aliphatic rings. The van der Waals surface area contributed by atoms with Crippen molar-refractivity contribution in [3.8, 4) is 0 Å². The minimum absolute atomic E-state index is 0.0792. The van der Waals surface area contributed by atoms with Crippen molar-refractivity contribution in [1.29, 1.82) is 0 Å². The van der Waals surface area contributed by atoms with Crippen LogP contribution in [0.4, 0.5) is 0 Å². The van der Waals surface area contributed by atoms with Crippen molar-refractivity contribution in [2.24, 2.45) is 0 Å². The van der Waals surface area contributed by atoms with E-state index >= 15 is 0 Å². The van der Waals surface area contributed by atoms with Gasteiger partial charge in [-0.15, -0.1) is 0 Å². The average molecular weight is 1070 g/mol. The van der Waals surface area contributed by atoms with Crippen LogP contribution < -0.4 is 0 Å². The first-order valence-electron chi connectivity index (χ1n) is 30.5. The fourth-order valence-corrected chi connectivity index (χ4v) is 10.3. The van der Waals surface area contributed by atoms with E-state index in [1.165, 1.54) is 180 Å². The van der Waals surface area contributed by atoms with Crippen LogP contribution in [-0.2, 0) is 27.9 Å². The first-order chi connectivity index (χ1) is 36.0. The number of unbranched alkanes of at least 4 members (excludes halogenated alkanes) is 33. The van der Waals surface area contributed by atoms with Gasteiger partial charge in [-0.25, -0.2) is 4.57 Å². The Morgan fingerprint density at radius 3 is 1.16 bits per heavy atom. The molecule has 1 fully saturated rings. The third kappa shape index (κ3) is 41.4. The van der Waals surface area contributed by atoms with Crippen molar-refractivity contribution in [3.63, 3.8) is 0 Å². The molecule has 0 aromatic rings. The molecule has 0 aliphatic heterocycles. The van der Waals surface area contributed by atoms with Gasteiger partial charge in [-0.2, -0.15) is 0 Å². The van der Waals surface area contributed by atoms with Crippen molar-refractivity contribution in [1.82, 2.24) is 0 Å². The zero-order chi connectivity index (χ0) is 54.0. The lowest BCUT2D eigenvalue weighted by atomic mass is 9.85. The normalized spacial score (nSPS) is 20.7. The van der Waals surface area contributed by atoms with Gasteiger partial charge in [-0.1, -0.05) is 236 Å². The van der Waals surface area contributed by atoms with Crippen LogP contribution in [0.1, 0.15) is 271 Å². The summed E-state index contributed by atoms with van der Waals surface area (Å²) in [6.45, 7) is 4.29. The van der Waals surface area contributed by atoms with Gasteiger partial charge >= 0.3 is 13.8 Å². The second-order valence-electron chi connectivity index (χ2n) is 21.2. The van der Waals surface area contributed by atoms with E-state index in [9.17, 15) is 39.8 Å². The number of phosphoric acid groups is 1. The number of esters is 1. The quantitative estimate of drug-likeness (QED) is 0.0146. The largest absolute Gasteiger partial charge is 0.472 e. The number of carbonyl (C=O) groups excluding carboxylic acids is 1. The molecule has 0 amide bonds. The van der Waals surface area contributed by atoms with Gasteiger partial charge in [0.15, 0.2) is 0 Å². The fraction of sp³-hybridized carbons (Fsp3) is 0.852. The molecule has 0 aromatic carbocycles. The lowest BCUT2D eigenvalue weighted by Crippen LogP contribution is -2.64. The number of aliphatic hydroxyl groups is 5. The number of aliphatic hydroxyl groups excluding tert-OH is 5. The molecule has 0 bridgehead atoms. The van der Waals surface area contributed by atoms with E-state index in [0.717, 1.165) is 64.2 Å². The van der Waals surface area contributed by atoms with Gasteiger partial charge in [0.1, 0.15) is 42.7 Å². The maximum Gasteiger partial charge on any atom is 0.472 e. The molecule has 434 valence electrons. The van der Waals surface area contributed by atoms with Crippen molar-refractivity contribution < 1.29 is 58.3 Å². The molecule has 1 aliphatic carbocycles. The molecule has 0 spiro atoms. The number of phosphoric ester groups is 1. The molecule has 1 rings (SSSR count). The zero-order valence-corrected chi connectivity index (χ0v) is 48.0. The summed E-state index contributed by atoms with van der Waals surface area (Å²) < 4.78 is 34.5. The summed E-state index contributed by atoms with van der Waals surface area (Å²) in [6.07, 6.45) is 53.2. The number of rotatable bonds is 53. The summed E-state index contributed by atoms with van der Waals surface area (Å²) in [6, 6.07) is 0. The minimum atomic E-state index is -5.03. The minimum Gasteiger partial charge on any atom is -0.457 e. The van der Waals surface area contributed by atoms with Crippen LogP contribution >= 0.6 is 7.82 Å². The maximum atomic E-state index is 12.9. The summed E-state index contributed by atoms with van der Waals surface area (Å²) in [7, 11) is -5.03. The molecule has 6 N–H and O–H groups in total.